The van der Waals surface area contributed by atoms with Gasteiger partial charge in [0.2, 0.25) is 0 Å². The van der Waals surface area contributed by atoms with Gasteiger partial charge in [-0.25, -0.2) is 0 Å². The fourth-order valence-corrected chi connectivity index (χ4v) is 5.07. The summed E-state index contributed by atoms with van der Waals surface area (Å²) in [6.07, 6.45) is 1.03. The number of ether oxygens (including phenoxy) is 1. The molecule has 0 saturated heterocycles. The highest BCUT2D eigenvalue weighted by molar-refractivity contribution is 6.02. The van der Waals surface area contributed by atoms with E-state index in [-0.39, 0.29) is 23.6 Å². The van der Waals surface area contributed by atoms with Gasteiger partial charge in [0.15, 0.2) is 5.78 Å². The summed E-state index contributed by atoms with van der Waals surface area (Å²) in [6.45, 7) is 4.13. The van der Waals surface area contributed by atoms with Crippen LogP contribution in [-0.2, 0) is 4.79 Å². The summed E-state index contributed by atoms with van der Waals surface area (Å²) in [6, 6.07) is 32.5. The molecule has 0 saturated carbocycles. The molecule has 1 aliphatic carbocycles. The van der Waals surface area contributed by atoms with Crippen molar-refractivity contribution in [2.75, 3.05) is 0 Å². The number of fused-ring (bicyclic) bond motifs is 2. The predicted molar refractivity (Wildman–Crippen MR) is 138 cm³/mol. The van der Waals surface area contributed by atoms with E-state index in [1.807, 2.05) is 60.7 Å². The van der Waals surface area contributed by atoms with Gasteiger partial charge in [-0.2, -0.15) is 0 Å². The fraction of sp³-hybridized carbons (Fsp3) is 0.188. The van der Waals surface area contributed by atoms with E-state index in [9.17, 15) is 9.59 Å². The Bertz CT molecular complexity index is 1370. The Morgan fingerprint density at radius 2 is 1.17 bits per heavy atom. The average Bonchev–Trinajstić information content (AvgIpc) is 3.20. The summed E-state index contributed by atoms with van der Waals surface area (Å²) >= 11 is 0. The molecule has 6 rings (SSSR count). The van der Waals surface area contributed by atoms with Gasteiger partial charge in [-0.1, -0.05) is 102 Å². The van der Waals surface area contributed by atoms with Crippen molar-refractivity contribution in [3.63, 3.8) is 0 Å². The minimum Gasteiger partial charge on any atom is -0.426 e. The van der Waals surface area contributed by atoms with Crippen LogP contribution in [0.4, 0.5) is 0 Å². The third kappa shape index (κ3) is 4.81. The zero-order valence-corrected chi connectivity index (χ0v) is 20.0. The van der Waals surface area contributed by atoms with E-state index >= 15 is 0 Å². The minimum absolute atomic E-state index is 0.113. The fourth-order valence-electron chi connectivity index (χ4n) is 5.07. The molecule has 0 radical (unpaired) electrons. The predicted octanol–water partition coefficient (Wildman–Crippen LogP) is 7.15. The standard InChI is InChI=1S/C16H14O2.C16H14O/c1-11-7-8-15-14(9-11)13(10-16(17)18-15)12-5-3-2-4-6-12;1-11-7-8-13-15(9-11)14(10-16(13)17)12-5-3-2-4-6-12/h2-9,13H,10H2,1H3;2-9,14H,10H2,1H3/t13-;14-/m00/s1. The van der Waals surface area contributed by atoms with E-state index in [0.717, 1.165) is 11.1 Å². The van der Waals surface area contributed by atoms with Gasteiger partial charge in [0.25, 0.3) is 0 Å². The Hall–Kier alpha value is -3.98. The van der Waals surface area contributed by atoms with Crippen LogP contribution in [0.3, 0.4) is 0 Å². The number of benzene rings is 4. The number of esters is 1. The lowest BCUT2D eigenvalue weighted by atomic mass is 9.86. The molecule has 3 nitrogen and oxygen atoms in total. The number of hydrogen-bond donors (Lipinski definition) is 0. The smallest absolute Gasteiger partial charge is 0.312 e. The third-order valence-electron chi connectivity index (χ3n) is 6.81. The van der Waals surface area contributed by atoms with Crippen molar-refractivity contribution >= 4 is 11.8 Å². The molecule has 35 heavy (non-hydrogen) atoms. The second kappa shape index (κ2) is 9.71. The lowest BCUT2D eigenvalue weighted by molar-refractivity contribution is -0.135. The number of carbonyl (C=O) groups is 2. The average molecular weight is 461 g/mol. The summed E-state index contributed by atoms with van der Waals surface area (Å²) in [7, 11) is 0. The Labute approximate surface area is 206 Å². The molecule has 0 bridgehead atoms. The molecule has 0 unspecified atom stereocenters. The first kappa shape index (κ1) is 22.8. The molecule has 0 fully saturated rings. The van der Waals surface area contributed by atoms with Gasteiger partial charge in [-0.05, 0) is 36.6 Å². The van der Waals surface area contributed by atoms with Crippen LogP contribution < -0.4 is 4.74 Å². The number of aryl methyl sites for hydroxylation is 2. The van der Waals surface area contributed by atoms with Crippen LogP contribution in [0.2, 0.25) is 0 Å². The Morgan fingerprint density at radius 3 is 1.80 bits per heavy atom. The molecule has 3 heteroatoms. The molecule has 2 aliphatic rings. The molecular weight excluding hydrogens is 432 g/mol. The summed E-state index contributed by atoms with van der Waals surface area (Å²) in [4.78, 5) is 23.6. The molecule has 1 heterocycles. The lowest BCUT2D eigenvalue weighted by Crippen LogP contribution is -2.21. The van der Waals surface area contributed by atoms with Crippen molar-refractivity contribution in [3.05, 3.63) is 136 Å². The van der Waals surface area contributed by atoms with Crippen molar-refractivity contribution in [2.24, 2.45) is 0 Å². The highest BCUT2D eigenvalue weighted by Gasteiger charge is 2.30. The molecule has 0 N–H and O–H groups in total. The van der Waals surface area contributed by atoms with E-state index in [2.05, 4.69) is 50.2 Å². The van der Waals surface area contributed by atoms with Gasteiger partial charge in [-0.3, -0.25) is 9.59 Å². The second-order valence-corrected chi connectivity index (χ2v) is 9.36. The van der Waals surface area contributed by atoms with Crippen molar-refractivity contribution < 1.29 is 14.3 Å². The van der Waals surface area contributed by atoms with Gasteiger partial charge < -0.3 is 4.74 Å². The second-order valence-electron chi connectivity index (χ2n) is 9.36. The summed E-state index contributed by atoms with van der Waals surface area (Å²) < 4.78 is 5.30. The number of rotatable bonds is 2. The van der Waals surface area contributed by atoms with Crippen molar-refractivity contribution in [1.82, 2.24) is 0 Å². The molecule has 0 amide bonds. The third-order valence-corrected chi connectivity index (χ3v) is 6.81. The maximum absolute atomic E-state index is 12.0. The van der Waals surface area contributed by atoms with Gasteiger partial charge in [0.05, 0.1) is 6.42 Å². The molecule has 0 spiro atoms. The van der Waals surface area contributed by atoms with Gasteiger partial charge in [0.1, 0.15) is 5.75 Å². The molecule has 2 atom stereocenters. The van der Waals surface area contributed by atoms with Crippen molar-refractivity contribution in [2.45, 2.75) is 38.5 Å². The van der Waals surface area contributed by atoms with Gasteiger partial charge in [0, 0.05) is 29.4 Å². The monoisotopic (exact) mass is 460 g/mol. The Balaban J connectivity index is 0.000000145. The minimum atomic E-state index is -0.153. The quantitative estimate of drug-likeness (QED) is 0.236. The van der Waals surface area contributed by atoms with Gasteiger partial charge in [-0.15, -0.1) is 0 Å². The topological polar surface area (TPSA) is 43.4 Å². The molecular formula is C32H28O3. The van der Waals surface area contributed by atoms with Crippen LogP contribution in [0, 0.1) is 13.8 Å². The highest BCUT2D eigenvalue weighted by Crippen LogP contribution is 2.39. The molecule has 4 aromatic rings. The number of carbonyl (C=O) groups excluding carboxylic acids is 2. The molecule has 174 valence electrons. The summed E-state index contributed by atoms with van der Waals surface area (Å²) in [5, 5.41) is 0. The normalized spacial score (nSPS) is 18.1. The maximum atomic E-state index is 12.0. The number of ketones is 1. The Kier molecular flexibility index (Phi) is 6.33. The van der Waals surface area contributed by atoms with Crippen LogP contribution in [0.25, 0.3) is 0 Å². The first-order valence-electron chi connectivity index (χ1n) is 12.0. The van der Waals surface area contributed by atoms with Crippen molar-refractivity contribution in [1.29, 1.82) is 0 Å². The lowest BCUT2D eigenvalue weighted by Gasteiger charge is -2.25. The Morgan fingerprint density at radius 1 is 0.629 bits per heavy atom. The van der Waals surface area contributed by atoms with E-state index in [4.69, 9.17) is 4.74 Å². The van der Waals surface area contributed by atoms with Gasteiger partial charge >= 0.3 is 5.97 Å². The van der Waals surface area contributed by atoms with E-state index in [0.29, 0.717) is 18.6 Å². The van der Waals surface area contributed by atoms with E-state index in [1.165, 1.54) is 27.8 Å². The van der Waals surface area contributed by atoms with E-state index < -0.39 is 0 Å². The molecule has 0 aromatic heterocycles. The zero-order chi connectivity index (χ0) is 24.4. The zero-order valence-electron chi connectivity index (χ0n) is 20.0. The van der Waals surface area contributed by atoms with E-state index in [1.54, 1.807) is 0 Å². The number of Topliss-reactive ketones (excluding diaryl/α,β-unsaturated/α-hetero) is 1. The summed E-state index contributed by atoms with van der Waals surface area (Å²) in [5.41, 5.74) is 8.03. The first-order chi connectivity index (χ1) is 17.0. The summed E-state index contributed by atoms with van der Waals surface area (Å²) in [5.74, 6) is 1.18. The van der Waals surface area contributed by atoms with Crippen molar-refractivity contribution in [3.8, 4) is 5.75 Å². The van der Waals surface area contributed by atoms with Crippen LogP contribution in [0.1, 0.15) is 68.4 Å². The maximum Gasteiger partial charge on any atom is 0.312 e. The van der Waals surface area contributed by atoms with Crippen LogP contribution in [0.5, 0.6) is 5.75 Å². The van der Waals surface area contributed by atoms with Crippen LogP contribution in [-0.4, -0.2) is 11.8 Å². The van der Waals surface area contributed by atoms with Crippen LogP contribution >= 0.6 is 0 Å². The highest BCUT2D eigenvalue weighted by atomic mass is 16.5. The largest absolute Gasteiger partial charge is 0.426 e. The molecule has 4 aromatic carbocycles. The number of hydrogen-bond acceptors (Lipinski definition) is 3. The van der Waals surface area contributed by atoms with Crippen LogP contribution in [0.15, 0.2) is 97.1 Å². The molecule has 1 aliphatic heterocycles. The SMILES string of the molecule is Cc1ccc2c(c1)[C@H](c1ccccc1)CC(=O)O2.Cc1ccc2c(c1)[C@H](c1ccccc1)CC2=O. The first-order valence-corrected chi connectivity index (χ1v) is 12.0.